The van der Waals surface area contributed by atoms with E-state index < -0.39 is 10.0 Å². The maximum absolute atomic E-state index is 12.1. The van der Waals surface area contributed by atoms with Crippen molar-refractivity contribution >= 4 is 33.2 Å². The smallest absolute Gasteiger partial charge is 0.241 e. The van der Waals surface area contributed by atoms with Crippen molar-refractivity contribution in [1.82, 2.24) is 5.32 Å². The number of nitrogens with one attached hydrogen (secondary N) is 1. The minimum absolute atomic E-state index is 0.275. The number of carbonyl (C=O) groups excluding carboxylic acids is 1. The van der Waals surface area contributed by atoms with Gasteiger partial charge in [0, 0.05) is 10.6 Å². The number of anilines is 1. The third kappa shape index (κ3) is 5.55. The first-order chi connectivity index (χ1) is 9.55. The third-order valence-electron chi connectivity index (χ3n) is 3.15. The molecule has 21 heavy (non-hydrogen) atoms. The maximum Gasteiger partial charge on any atom is 0.241 e. The van der Waals surface area contributed by atoms with Gasteiger partial charge in [-0.05, 0) is 38.5 Å². The van der Waals surface area contributed by atoms with E-state index in [0.717, 1.165) is 17.0 Å². The molecule has 1 amide bonds. The summed E-state index contributed by atoms with van der Waals surface area (Å²) in [6.45, 7) is 5.44. The summed E-state index contributed by atoms with van der Waals surface area (Å²) < 4.78 is 24.9. The lowest BCUT2D eigenvalue weighted by Gasteiger charge is -2.27. The Morgan fingerprint density at radius 3 is 2.48 bits per heavy atom. The highest BCUT2D eigenvalue weighted by Crippen LogP contribution is 2.21. The van der Waals surface area contributed by atoms with Crippen LogP contribution in [0.1, 0.15) is 27.2 Å². The molecule has 0 aliphatic rings. The van der Waals surface area contributed by atoms with Gasteiger partial charge in [0.05, 0.1) is 11.9 Å². The summed E-state index contributed by atoms with van der Waals surface area (Å²) in [5.41, 5.74) is -0.0105. The lowest BCUT2D eigenvalue weighted by Crippen LogP contribution is -2.48. The van der Waals surface area contributed by atoms with E-state index in [0.29, 0.717) is 10.7 Å². The van der Waals surface area contributed by atoms with Crippen molar-refractivity contribution in [3.63, 3.8) is 0 Å². The number of halogens is 1. The van der Waals surface area contributed by atoms with E-state index in [2.05, 4.69) is 5.32 Å². The molecule has 0 aliphatic carbocycles. The molecule has 7 heteroatoms. The molecule has 0 fully saturated rings. The molecule has 0 bridgehead atoms. The van der Waals surface area contributed by atoms with Crippen LogP contribution < -0.4 is 9.62 Å². The largest absolute Gasteiger partial charge is 0.350 e. The van der Waals surface area contributed by atoms with Crippen molar-refractivity contribution in [2.45, 2.75) is 32.7 Å². The molecule has 1 aromatic rings. The molecule has 5 nitrogen and oxygen atoms in total. The summed E-state index contributed by atoms with van der Waals surface area (Å²) in [6.07, 6.45) is 1.81. The molecule has 0 heterocycles. The van der Waals surface area contributed by atoms with Gasteiger partial charge in [0.15, 0.2) is 0 Å². The molecule has 0 aliphatic heterocycles. The first-order valence-electron chi connectivity index (χ1n) is 6.59. The zero-order chi connectivity index (χ0) is 16.3. The molecule has 1 aromatic carbocycles. The average molecular weight is 333 g/mol. The van der Waals surface area contributed by atoms with E-state index >= 15 is 0 Å². The van der Waals surface area contributed by atoms with Crippen LogP contribution in [0, 0.1) is 0 Å². The molecule has 1 rings (SSSR count). The standard InChI is InChI=1S/C14H21ClN2O3S/c1-5-14(2,3)16-13(18)10-17(21(4,19)20)12-8-6-7-11(15)9-12/h6-9H,5,10H2,1-4H3,(H,16,18). The van der Waals surface area contributed by atoms with Crippen molar-refractivity contribution in [2.24, 2.45) is 0 Å². The van der Waals surface area contributed by atoms with Crippen LogP contribution in [0.3, 0.4) is 0 Å². The second kappa shape index (κ2) is 6.66. The van der Waals surface area contributed by atoms with Gasteiger partial charge >= 0.3 is 0 Å². The van der Waals surface area contributed by atoms with Gasteiger partial charge in [-0.3, -0.25) is 9.10 Å². The summed E-state index contributed by atoms with van der Waals surface area (Å²) in [5, 5.41) is 3.23. The first-order valence-corrected chi connectivity index (χ1v) is 8.82. The van der Waals surface area contributed by atoms with Gasteiger partial charge in [0.2, 0.25) is 15.9 Å². The lowest BCUT2D eigenvalue weighted by molar-refractivity contribution is -0.121. The fourth-order valence-corrected chi connectivity index (χ4v) is 2.70. The zero-order valence-electron chi connectivity index (χ0n) is 12.7. The van der Waals surface area contributed by atoms with Crippen LogP contribution in [0.2, 0.25) is 5.02 Å². The molecule has 0 atom stereocenters. The van der Waals surface area contributed by atoms with Gasteiger partial charge in [-0.15, -0.1) is 0 Å². The number of hydrogen-bond acceptors (Lipinski definition) is 3. The van der Waals surface area contributed by atoms with Crippen molar-refractivity contribution in [3.8, 4) is 0 Å². The minimum atomic E-state index is -3.58. The topological polar surface area (TPSA) is 66.5 Å². The van der Waals surface area contributed by atoms with Crippen LogP contribution in [0.5, 0.6) is 0 Å². The normalized spacial score (nSPS) is 12.0. The molecule has 0 aromatic heterocycles. The fourth-order valence-electron chi connectivity index (χ4n) is 1.67. The van der Waals surface area contributed by atoms with Crippen molar-refractivity contribution < 1.29 is 13.2 Å². The Labute approximate surface area is 131 Å². The number of amides is 1. The quantitative estimate of drug-likeness (QED) is 0.870. The summed E-state index contributed by atoms with van der Waals surface area (Å²) in [5.74, 6) is -0.354. The Morgan fingerprint density at radius 2 is 2.00 bits per heavy atom. The Kier molecular flexibility index (Phi) is 5.64. The summed E-state index contributed by atoms with van der Waals surface area (Å²) in [4.78, 5) is 12.1. The van der Waals surface area contributed by atoms with E-state index in [1.54, 1.807) is 18.2 Å². The highest BCUT2D eigenvalue weighted by molar-refractivity contribution is 7.92. The zero-order valence-corrected chi connectivity index (χ0v) is 14.3. The van der Waals surface area contributed by atoms with Crippen LogP contribution in [0.4, 0.5) is 5.69 Å². The first kappa shape index (κ1) is 17.8. The summed E-state index contributed by atoms with van der Waals surface area (Å²) >= 11 is 5.88. The Morgan fingerprint density at radius 1 is 1.38 bits per heavy atom. The van der Waals surface area contributed by atoms with Gasteiger partial charge in [-0.25, -0.2) is 8.42 Å². The Bertz CT molecular complexity index is 614. The number of rotatable bonds is 6. The SMILES string of the molecule is CCC(C)(C)NC(=O)CN(c1cccc(Cl)c1)S(C)(=O)=O. The molecular formula is C14H21ClN2O3S. The molecular weight excluding hydrogens is 312 g/mol. The highest BCUT2D eigenvalue weighted by Gasteiger charge is 2.24. The predicted molar refractivity (Wildman–Crippen MR) is 86.2 cm³/mol. The highest BCUT2D eigenvalue weighted by atomic mass is 35.5. The van der Waals surface area contributed by atoms with Gasteiger partial charge in [0.25, 0.3) is 0 Å². The van der Waals surface area contributed by atoms with Crippen LogP contribution in [-0.4, -0.2) is 32.7 Å². The number of carbonyl (C=O) groups is 1. The van der Waals surface area contributed by atoms with Crippen molar-refractivity contribution in [3.05, 3.63) is 29.3 Å². The molecule has 0 spiro atoms. The maximum atomic E-state index is 12.1. The number of hydrogen-bond donors (Lipinski definition) is 1. The van der Waals surface area contributed by atoms with Gasteiger partial charge in [0.1, 0.15) is 6.54 Å². The fraction of sp³-hybridized carbons (Fsp3) is 0.500. The lowest BCUT2D eigenvalue weighted by atomic mass is 10.0. The van der Waals surface area contributed by atoms with Crippen molar-refractivity contribution in [1.29, 1.82) is 0 Å². The minimum Gasteiger partial charge on any atom is -0.350 e. The number of nitrogens with zero attached hydrogens (tertiary/aromatic N) is 1. The second-order valence-corrected chi connectivity index (χ2v) is 7.88. The van der Waals surface area contributed by atoms with Gasteiger partial charge in [-0.1, -0.05) is 24.6 Å². The van der Waals surface area contributed by atoms with Crippen LogP contribution in [0.25, 0.3) is 0 Å². The monoisotopic (exact) mass is 332 g/mol. The average Bonchev–Trinajstić information content (AvgIpc) is 2.34. The van der Waals surface area contributed by atoms with Crippen molar-refractivity contribution in [2.75, 3.05) is 17.1 Å². The van der Waals surface area contributed by atoms with E-state index in [1.807, 2.05) is 20.8 Å². The molecule has 118 valence electrons. The summed E-state index contributed by atoms with van der Waals surface area (Å²) in [6, 6.07) is 6.40. The summed E-state index contributed by atoms with van der Waals surface area (Å²) in [7, 11) is -3.58. The molecule has 1 N–H and O–H groups in total. The Hall–Kier alpha value is -1.27. The Balaban J connectivity index is 2.99. The van der Waals surface area contributed by atoms with E-state index in [4.69, 9.17) is 11.6 Å². The van der Waals surface area contributed by atoms with Gasteiger partial charge in [-0.2, -0.15) is 0 Å². The molecule has 0 saturated heterocycles. The van der Waals surface area contributed by atoms with E-state index in [-0.39, 0.29) is 18.0 Å². The molecule has 0 unspecified atom stereocenters. The van der Waals surface area contributed by atoms with Crippen LogP contribution in [0.15, 0.2) is 24.3 Å². The van der Waals surface area contributed by atoms with E-state index in [1.165, 1.54) is 6.07 Å². The molecule has 0 saturated carbocycles. The van der Waals surface area contributed by atoms with E-state index in [9.17, 15) is 13.2 Å². The van der Waals surface area contributed by atoms with Crippen LogP contribution in [-0.2, 0) is 14.8 Å². The number of benzene rings is 1. The molecule has 0 radical (unpaired) electrons. The van der Waals surface area contributed by atoms with Gasteiger partial charge < -0.3 is 5.32 Å². The predicted octanol–water partition coefficient (Wildman–Crippen LogP) is 2.41. The van der Waals surface area contributed by atoms with Crippen LogP contribution >= 0.6 is 11.6 Å². The third-order valence-corrected chi connectivity index (χ3v) is 4.52. The number of sulfonamides is 1. The second-order valence-electron chi connectivity index (χ2n) is 5.54.